The van der Waals surface area contributed by atoms with Crippen LogP contribution in [0.4, 0.5) is 4.39 Å². The summed E-state index contributed by atoms with van der Waals surface area (Å²) in [5, 5.41) is 1.49. The Kier molecular flexibility index (Phi) is 5.96. The van der Waals surface area contributed by atoms with Gasteiger partial charge in [0.25, 0.3) is 0 Å². The minimum absolute atomic E-state index is 0.178. The molecule has 0 N–H and O–H groups in total. The third-order valence-electron chi connectivity index (χ3n) is 5.47. The molecule has 0 amide bonds. The molecule has 0 nitrogen and oxygen atoms in total. The Balaban J connectivity index is 1.62. The van der Waals surface area contributed by atoms with E-state index in [9.17, 15) is 0 Å². The fourth-order valence-electron chi connectivity index (χ4n) is 3.70. The minimum atomic E-state index is -0.178. The largest absolute Gasteiger partial charge is 0.206 e. The maximum Gasteiger partial charge on any atom is 0.138 e. The highest BCUT2D eigenvalue weighted by Crippen LogP contribution is 2.29. The summed E-state index contributed by atoms with van der Waals surface area (Å²) in [5.41, 5.74) is 6.01. The van der Waals surface area contributed by atoms with E-state index in [2.05, 4.69) is 62.1 Å². The van der Waals surface area contributed by atoms with Crippen molar-refractivity contribution < 1.29 is 4.39 Å². The van der Waals surface area contributed by atoms with Crippen molar-refractivity contribution in [2.45, 2.75) is 33.1 Å². The number of fused-ring (bicyclic) bond motifs is 1. The molecule has 30 heavy (non-hydrogen) atoms. The van der Waals surface area contributed by atoms with E-state index >= 15 is 4.39 Å². The van der Waals surface area contributed by atoms with Crippen LogP contribution in [-0.2, 0) is 12.8 Å². The van der Waals surface area contributed by atoms with Crippen molar-refractivity contribution in [1.82, 2.24) is 0 Å². The van der Waals surface area contributed by atoms with Crippen LogP contribution in [-0.4, -0.2) is 0 Å². The van der Waals surface area contributed by atoms with Crippen LogP contribution < -0.4 is 0 Å². The third kappa shape index (κ3) is 4.29. The fraction of sp³-hybridized carbons (Fsp3) is 0.172. The van der Waals surface area contributed by atoms with Gasteiger partial charge >= 0.3 is 0 Å². The van der Waals surface area contributed by atoms with Gasteiger partial charge in [-0.05, 0) is 59.2 Å². The van der Waals surface area contributed by atoms with Crippen LogP contribution in [0.5, 0.6) is 0 Å². The molecule has 0 fully saturated rings. The van der Waals surface area contributed by atoms with Crippen molar-refractivity contribution in [3.63, 3.8) is 0 Å². The molecule has 0 aliphatic carbocycles. The number of aryl methyl sites for hydroxylation is 2. The number of halogens is 1. The second-order valence-corrected chi connectivity index (χ2v) is 7.61. The zero-order chi connectivity index (χ0) is 20.9. The van der Waals surface area contributed by atoms with Gasteiger partial charge in [0.15, 0.2) is 0 Å². The molecule has 0 bridgehead atoms. The summed E-state index contributed by atoms with van der Waals surface area (Å²) in [6, 6.07) is 26.0. The average molecular weight is 393 g/mol. The van der Waals surface area contributed by atoms with Crippen LogP contribution in [0.1, 0.15) is 42.5 Å². The lowest BCUT2D eigenvalue weighted by molar-refractivity contribution is 0.643. The first kappa shape index (κ1) is 19.9. The van der Waals surface area contributed by atoms with Crippen LogP contribution in [0, 0.1) is 17.7 Å². The highest BCUT2D eigenvalue weighted by molar-refractivity contribution is 5.89. The van der Waals surface area contributed by atoms with Gasteiger partial charge in [0.1, 0.15) is 5.82 Å². The average Bonchev–Trinajstić information content (AvgIpc) is 2.79. The molecule has 0 aliphatic heterocycles. The summed E-state index contributed by atoms with van der Waals surface area (Å²) in [6.07, 6.45) is 3.21. The summed E-state index contributed by atoms with van der Waals surface area (Å²) in [5.74, 6) is 6.25. The van der Waals surface area contributed by atoms with Crippen LogP contribution in [0.25, 0.3) is 21.9 Å². The van der Waals surface area contributed by atoms with E-state index in [1.807, 2.05) is 42.5 Å². The maximum absolute atomic E-state index is 15.2. The Hall–Kier alpha value is -3.37. The Bertz CT molecular complexity index is 1220. The Labute approximate surface area is 178 Å². The van der Waals surface area contributed by atoms with Gasteiger partial charge < -0.3 is 0 Å². The first-order valence-corrected chi connectivity index (χ1v) is 10.6. The lowest BCUT2D eigenvalue weighted by Crippen LogP contribution is -1.89. The van der Waals surface area contributed by atoms with E-state index in [1.165, 1.54) is 11.1 Å². The molecular formula is C29H25F. The van der Waals surface area contributed by atoms with E-state index in [4.69, 9.17) is 0 Å². The molecule has 148 valence electrons. The van der Waals surface area contributed by atoms with Crippen molar-refractivity contribution in [3.8, 4) is 23.0 Å². The van der Waals surface area contributed by atoms with Gasteiger partial charge in [-0.3, -0.25) is 0 Å². The predicted octanol–water partition coefficient (Wildman–Crippen LogP) is 7.56. The van der Waals surface area contributed by atoms with Crippen LogP contribution in [0.3, 0.4) is 0 Å². The molecule has 0 saturated heterocycles. The predicted molar refractivity (Wildman–Crippen MR) is 125 cm³/mol. The molecule has 0 unspecified atom stereocenters. The number of hydrogen-bond donors (Lipinski definition) is 0. The standard InChI is InChI=1S/C29H25F/c1-3-5-22-6-8-23(9-7-22)10-11-24-14-18-28-26(20-24)17-19-27(29(28)30)25-15-12-21(4-2)13-16-25/h6-9,12-20H,3-5H2,1-2H3. The number of benzene rings is 4. The van der Waals surface area contributed by atoms with Gasteiger partial charge in [-0.15, -0.1) is 0 Å². The van der Waals surface area contributed by atoms with E-state index in [1.54, 1.807) is 0 Å². The smallest absolute Gasteiger partial charge is 0.138 e. The van der Waals surface area contributed by atoms with E-state index in [0.717, 1.165) is 41.3 Å². The molecule has 0 aliphatic rings. The monoisotopic (exact) mass is 392 g/mol. The number of hydrogen-bond acceptors (Lipinski definition) is 0. The van der Waals surface area contributed by atoms with Crippen LogP contribution in [0.2, 0.25) is 0 Å². The van der Waals surface area contributed by atoms with Crippen LogP contribution in [0.15, 0.2) is 78.9 Å². The Morgan fingerprint density at radius 2 is 1.37 bits per heavy atom. The van der Waals surface area contributed by atoms with Crippen molar-refractivity contribution in [2.24, 2.45) is 0 Å². The highest BCUT2D eigenvalue weighted by atomic mass is 19.1. The van der Waals surface area contributed by atoms with Gasteiger partial charge in [-0.25, -0.2) is 4.39 Å². The Morgan fingerprint density at radius 3 is 2.07 bits per heavy atom. The summed E-state index contributed by atoms with van der Waals surface area (Å²) >= 11 is 0. The second-order valence-electron chi connectivity index (χ2n) is 7.61. The fourth-order valence-corrected chi connectivity index (χ4v) is 3.70. The lowest BCUT2D eigenvalue weighted by Gasteiger charge is -2.08. The molecule has 0 aromatic heterocycles. The van der Waals surface area contributed by atoms with Gasteiger partial charge in [0, 0.05) is 22.1 Å². The molecule has 1 heteroatoms. The normalized spacial score (nSPS) is 10.6. The van der Waals surface area contributed by atoms with Gasteiger partial charge in [-0.2, -0.15) is 0 Å². The van der Waals surface area contributed by atoms with Crippen molar-refractivity contribution in [3.05, 3.63) is 107 Å². The molecule has 4 rings (SSSR count). The van der Waals surface area contributed by atoms with Crippen molar-refractivity contribution >= 4 is 10.8 Å². The topological polar surface area (TPSA) is 0 Å². The quantitative estimate of drug-likeness (QED) is 0.314. The summed E-state index contributed by atoms with van der Waals surface area (Å²) < 4.78 is 15.2. The van der Waals surface area contributed by atoms with Gasteiger partial charge in [-0.1, -0.05) is 86.7 Å². The zero-order valence-corrected chi connectivity index (χ0v) is 17.5. The molecule has 4 aromatic rings. The van der Waals surface area contributed by atoms with Gasteiger partial charge in [0.2, 0.25) is 0 Å². The molecule has 0 heterocycles. The number of rotatable bonds is 4. The summed E-state index contributed by atoms with van der Waals surface area (Å²) in [4.78, 5) is 0. The van der Waals surface area contributed by atoms with Crippen LogP contribution >= 0.6 is 0 Å². The SMILES string of the molecule is CCCc1ccc(C#Cc2ccc3c(F)c(-c4ccc(CC)cc4)ccc3c2)cc1. The van der Waals surface area contributed by atoms with E-state index < -0.39 is 0 Å². The molecule has 0 radical (unpaired) electrons. The molecule has 0 spiro atoms. The lowest BCUT2D eigenvalue weighted by atomic mass is 9.98. The highest BCUT2D eigenvalue weighted by Gasteiger charge is 2.09. The van der Waals surface area contributed by atoms with E-state index in [-0.39, 0.29) is 5.82 Å². The first-order valence-electron chi connectivity index (χ1n) is 10.6. The maximum atomic E-state index is 15.2. The summed E-state index contributed by atoms with van der Waals surface area (Å²) in [7, 11) is 0. The Morgan fingerprint density at radius 1 is 0.700 bits per heavy atom. The minimum Gasteiger partial charge on any atom is -0.206 e. The van der Waals surface area contributed by atoms with Gasteiger partial charge in [0.05, 0.1) is 0 Å². The zero-order valence-electron chi connectivity index (χ0n) is 17.5. The molecular weight excluding hydrogens is 367 g/mol. The first-order chi connectivity index (χ1) is 14.7. The van der Waals surface area contributed by atoms with E-state index in [0.29, 0.717) is 10.9 Å². The molecule has 0 saturated carbocycles. The third-order valence-corrected chi connectivity index (χ3v) is 5.47. The second kappa shape index (κ2) is 8.97. The molecule has 4 aromatic carbocycles. The molecule has 0 atom stereocenters. The van der Waals surface area contributed by atoms with Crippen molar-refractivity contribution in [2.75, 3.05) is 0 Å². The summed E-state index contributed by atoms with van der Waals surface area (Å²) in [6.45, 7) is 4.30. The van der Waals surface area contributed by atoms with Crippen molar-refractivity contribution in [1.29, 1.82) is 0 Å².